The van der Waals surface area contributed by atoms with Gasteiger partial charge in [0.05, 0.1) is 28.7 Å². The molecule has 0 bridgehead atoms. The molecule has 0 radical (unpaired) electrons. The summed E-state index contributed by atoms with van der Waals surface area (Å²) in [7, 11) is 0. The molecule has 0 aliphatic carbocycles. The van der Waals surface area contributed by atoms with Gasteiger partial charge in [0.15, 0.2) is 0 Å². The average Bonchev–Trinajstić information content (AvgIpc) is 3.28. The first-order valence-electron chi connectivity index (χ1n) is 10.6. The van der Waals surface area contributed by atoms with Gasteiger partial charge in [-0.15, -0.1) is 0 Å². The van der Waals surface area contributed by atoms with Crippen LogP contribution in [0.3, 0.4) is 0 Å². The fourth-order valence-corrected chi connectivity index (χ4v) is 3.97. The van der Waals surface area contributed by atoms with Crippen LogP contribution in [0.25, 0.3) is 11.6 Å². The van der Waals surface area contributed by atoms with Gasteiger partial charge in [-0.05, 0) is 36.3 Å². The fraction of sp³-hybridized carbons (Fsp3) is 0.200. The lowest BCUT2D eigenvalue weighted by Gasteiger charge is -2.13. The van der Waals surface area contributed by atoms with Gasteiger partial charge in [-0.1, -0.05) is 37.3 Å². The molecular weight excluding hydrogens is 422 g/mol. The maximum atomic E-state index is 13.1. The number of carboxylic acid groups (broad SMARTS) is 2. The minimum atomic E-state index is -1.08. The quantitative estimate of drug-likeness (QED) is 0.513. The summed E-state index contributed by atoms with van der Waals surface area (Å²) in [5, 5.41) is 18.4. The molecule has 0 fully saturated rings. The number of carbonyl (C=O) groups is 3. The third kappa shape index (κ3) is 4.41. The second-order valence-electron chi connectivity index (χ2n) is 7.80. The molecule has 8 nitrogen and oxygen atoms in total. The van der Waals surface area contributed by atoms with E-state index in [1.54, 1.807) is 54.7 Å². The van der Waals surface area contributed by atoms with Crippen LogP contribution in [0.1, 0.15) is 46.3 Å². The van der Waals surface area contributed by atoms with Gasteiger partial charge in [0.1, 0.15) is 12.4 Å². The van der Waals surface area contributed by atoms with Crippen LogP contribution in [-0.2, 0) is 22.6 Å². The maximum Gasteiger partial charge on any atom is 0.335 e. The standard InChI is InChI=1S/C25H23N3O5/c1-2-5-22-26-13-18(27(22)14-16-8-10-17(11-9-16)25(32)33)12-20-19-6-3-4-7-21(19)28(24(20)31)15-23(29)30/h3-4,6-13H,2,5,14-15H2,1H3,(H,29,30)(H,32,33). The first kappa shape index (κ1) is 22.0. The number of imidazole rings is 1. The number of aromatic nitrogens is 2. The van der Waals surface area contributed by atoms with E-state index in [9.17, 15) is 19.5 Å². The van der Waals surface area contributed by atoms with Gasteiger partial charge in [0, 0.05) is 18.5 Å². The van der Waals surface area contributed by atoms with E-state index in [0.717, 1.165) is 29.9 Å². The van der Waals surface area contributed by atoms with Crippen LogP contribution in [0.5, 0.6) is 0 Å². The number of hydrogen-bond acceptors (Lipinski definition) is 4. The largest absolute Gasteiger partial charge is 0.480 e. The van der Waals surface area contributed by atoms with E-state index in [2.05, 4.69) is 11.9 Å². The Hall–Kier alpha value is -4.20. The van der Waals surface area contributed by atoms with Crippen molar-refractivity contribution in [3.63, 3.8) is 0 Å². The predicted molar refractivity (Wildman–Crippen MR) is 123 cm³/mol. The summed E-state index contributed by atoms with van der Waals surface area (Å²) < 4.78 is 2.00. The molecule has 1 aliphatic heterocycles. The van der Waals surface area contributed by atoms with Gasteiger partial charge in [-0.2, -0.15) is 0 Å². The molecule has 2 heterocycles. The Bertz CT molecular complexity index is 1260. The Kier molecular flexibility index (Phi) is 6.08. The maximum absolute atomic E-state index is 13.1. The molecule has 168 valence electrons. The molecule has 1 aliphatic rings. The van der Waals surface area contributed by atoms with Gasteiger partial charge < -0.3 is 14.8 Å². The lowest BCUT2D eigenvalue weighted by atomic mass is 10.1. The third-order valence-corrected chi connectivity index (χ3v) is 5.53. The molecule has 0 saturated carbocycles. The van der Waals surface area contributed by atoms with Gasteiger partial charge in [0.2, 0.25) is 0 Å². The van der Waals surface area contributed by atoms with Gasteiger partial charge in [-0.3, -0.25) is 14.5 Å². The number of aryl methyl sites for hydroxylation is 1. The molecule has 1 aromatic heterocycles. The minimum absolute atomic E-state index is 0.215. The fourth-order valence-electron chi connectivity index (χ4n) is 3.97. The number of aliphatic carboxylic acids is 1. The Balaban J connectivity index is 1.74. The second-order valence-corrected chi connectivity index (χ2v) is 7.80. The zero-order valence-electron chi connectivity index (χ0n) is 18.1. The first-order chi connectivity index (χ1) is 15.9. The van der Waals surface area contributed by atoms with Gasteiger partial charge in [0.25, 0.3) is 5.91 Å². The molecule has 1 amide bonds. The molecule has 8 heteroatoms. The van der Waals surface area contributed by atoms with E-state index < -0.39 is 18.5 Å². The SMILES string of the molecule is CCCc1ncc(C=C2C(=O)N(CC(=O)O)c3ccccc32)n1Cc1ccc(C(=O)O)cc1. The number of hydrogen-bond donors (Lipinski definition) is 2. The van der Waals surface area contributed by atoms with Gasteiger partial charge >= 0.3 is 11.9 Å². The van der Waals surface area contributed by atoms with Crippen molar-refractivity contribution >= 4 is 35.2 Å². The van der Waals surface area contributed by atoms with E-state index in [1.165, 1.54) is 4.90 Å². The molecule has 2 N–H and O–H groups in total. The number of para-hydroxylation sites is 1. The van der Waals surface area contributed by atoms with E-state index in [1.807, 2.05) is 10.6 Å². The summed E-state index contributed by atoms with van der Waals surface area (Å²) in [5.74, 6) is -1.58. The Morgan fingerprint density at radius 1 is 1.06 bits per heavy atom. The number of amides is 1. The summed E-state index contributed by atoms with van der Waals surface area (Å²) in [4.78, 5) is 41.4. The van der Waals surface area contributed by atoms with Crippen LogP contribution in [-0.4, -0.2) is 44.2 Å². The van der Waals surface area contributed by atoms with Crippen molar-refractivity contribution < 1.29 is 24.6 Å². The molecule has 0 saturated heterocycles. The van der Waals surface area contributed by atoms with E-state index in [4.69, 9.17) is 5.11 Å². The predicted octanol–water partition coefficient (Wildman–Crippen LogP) is 3.55. The first-order valence-corrected chi connectivity index (χ1v) is 10.6. The highest BCUT2D eigenvalue weighted by Crippen LogP contribution is 2.37. The summed E-state index contributed by atoms with van der Waals surface area (Å²) in [5.41, 5.74) is 3.50. The lowest BCUT2D eigenvalue weighted by Crippen LogP contribution is -2.32. The van der Waals surface area contributed by atoms with Gasteiger partial charge in [-0.25, -0.2) is 9.78 Å². The zero-order chi connectivity index (χ0) is 23.5. The van der Waals surface area contributed by atoms with Crippen LogP contribution < -0.4 is 4.90 Å². The van der Waals surface area contributed by atoms with E-state index in [-0.39, 0.29) is 11.5 Å². The van der Waals surface area contributed by atoms with Crippen LogP contribution in [0.15, 0.2) is 54.7 Å². The normalized spacial score (nSPS) is 14.0. The van der Waals surface area contributed by atoms with Crippen molar-refractivity contribution in [3.05, 3.63) is 82.9 Å². The number of anilines is 1. The molecule has 2 aromatic carbocycles. The molecule has 33 heavy (non-hydrogen) atoms. The van der Waals surface area contributed by atoms with Crippen LogP contribution in [0, 0.1) is 0 Å². The average molecular weight is 445 g/mol. The number of nitrogens with zero attached hydrogens (tertiary/aromatic N) is 3. The number of carboxylic acids is 2. The number of fused-ring (bicyclic) bond motifs is 1. The van der Waals surface area contributed by atoms with E-state index >= 15 is 0 Å². The number of aromatic carboxylic acids is 1. The summed E-state index contributed by atoms with van der Waals surface area (Å²) >= 11 is 0. The van der Waals surface area contributed by atoms with Crippen molar-refractivity contribution in [2.24, 2.45) is 0 Å². The zero-order valence-corrected chi connectivity index (χ0v) is 18.1. The summed E-state index contributed by atoms with van der Waals surface area (Å²) in [6.07, 6.45) is 5.09. The van der Waals surface area contributed by atoms with Crippen LogP contribution in [0.2, 0.25) is 0 Å². The molecule has 0 atom stereocenters. The van der Waals surface area contributed by atoms with Crippen LogP contribution >= 0.6 is 0 Å². The highest BCUT2D eigenvalue weighted by Gasteiger charge is 2.33. The molecule has 0 spiro atoms. The van der Waals surface area contributed by atoms with Crippen LogP contribution in [0.4, 0.5) is 5.69 Å². The highest BCUT2D eigenvalue weighted by molar-refractivity contribution is 6.36. The van der Waals surface area contributed by atoms with Crippen molar-refractivity contribution in [1.29, 1.82) is 0 Å². The summed E-state index contributed by atoms with van der Waals surface area (Å²) in [6.45, 7) is 2.10. The van der Waals surface area contributed by atoms with Crippen molar-refractivity contribution in [2.45, 2.75) is 26.3 Å². The van der Waals surface area contributed by atoms with E-state index in [0.29, 0.717) is 23.4 Å². The van der Waals surface area contributed by atoms with Crippen molar-refractivity contribution in [2.75, 3.05) is 11.4 Å². The topological polar surface area (TPSA) is 113 Å². The monoisotopic (exact) mass is 445 g/mol. The number of carbonyl (C=O) groups excluding carboxylic acids is 1. The summed E-state index contributed by atoms with van der Waals surface area (Å²) in [6, 6.07) is 13.8. The molecule has 3 aromatic rings. The molecule has 4 rings (SSSR count). The minimum Gasteiger partial charge on any atom is -0.480 e. The van der Waals surface area contributed by atoms with Crippen molar-refractivity contribution in [1.82, 2.24) is 9.55 Å². The Morgan fingerprint density at radius 3 is 2.45 bits per heavy atom. The second kappa shape index (κ2) is 9.12. The Morgan fingerprint density at radius 2 is 1.79 bits per heavy atom. The highest BCUT2D eigenvalue weighted by atomic mass is 16.4. The molecule has 0 unspecified atom stereocenters. The smallest absolute Gasteiger partial charge is 0.335 e. The lowest BCUT2D eigenvalue weighted by molar-refractivity contribution is -0.136. The third-order valence-electron chi connectivity index (χ3n) is 5.53. The number of benzene rings is 2. The van der Waals surface area contributed by atoms with Crippen molar-refractivity contribution in [3.8, 4) is 0 Å². The Labute approximate surface area is 190 Å². The molecular formula is C25H23N3O5. The number of rotatable bonds is 8.